The number of likely N-dealkylation sites (N-methyl/N-ethyl adjacent to an activating group) is 1. The maximum Gasteiger partial charge on any atom is 0.127 e. The summed E-state index contributed by atoms with van der Waals surface area (Å²) in [5.74, 6) is -0.225. The second-order valence-electron chi connectivity index (χ2n) is 5.11. The molecule has 0 amide bonds. The smallest absolute Gasteiger partial charge is 0.127 e. The van der Waals surface area contributed by atoms with Crippen LogP contribution in [0, 0.1) is 11.2 Å². The summed E-state index contributed by atoms with van der Waals surface area (Å²) in [5, 5.41) is 3.72. The van der Waals surface area contributed by atoms with Crippen molar-refractivity contribution >= 4 is 11.6 Å². The van der Waals surface area contributed by atoms with Crippen LogP contribution < -0.4 is 5.32 Å². The Morgan fingerprint density at radius 2 is 2.00 bits per heavy atom. The van der Waals surface area contributed by atoms with Gasteiger partial charge in [0.1, 0.15) is 5.82 Å². The minimum absolute atomic E-state index is 0.0698. The lowest BCUT2D eigenvalue weighted by Crippen LogP contribution is -2.40. The van der Waals surface area contributed by atoms with Crippen LogP contribution in [-0.2, 0) is 6.42 Å². The molecule has 1 N–H and O–H groups in total. The van der Waals surface area contributed by atoms with Crippen molar-refractivity contribution in [2.45, 2.75) is 33.2 Å². The van der Waals surface area contributed by atoms with E-state index in [1.807, 2.05) is 7.05 Å². The lowest BCUT2D eigenvalue weighted by atomic mass is 9.83. The van der Waals surface area contributed by atoms with E-state index in [9.17, 15) is 4.39 Å². The molecule has 1 nitrogen and oxygen atoms in total. The van der Waals surface area contributed by atoms with Crippen molar-refractivity contribution in [3.63, 3.8) is 0 Å². The zero-order chi connectivity index (χ0) is 12.3. The summed E-state index contributed by atoms with van der Waals surface area (Å²) in [6, 6.07) is 5.01. The summed E-state index contributed by atoms with van der Waals surface area (Å²) in [6.45, 7) is 6.38. The number of rotatable bonds is 3. The highest BCUT2D eigenvalue weighted by Crippen LogP contribution is 2.27. The van der Waals surface area contributed by atoms with Crippen molar-refractivity contribution in [1.82, 2.24) is 5.32 Å². The first-order valence-corrected chi connectivity index (χ1v) is 5.84. The second kappa shape index (κ2) is 5.15. The van der Waals surface area contributed by atoms with Crippen LogP contribution in [-0.4, -0.2) is 13.1 Å². The van der Waals surface area contributed by atoms with Crippen LogP contribution in [0.15, 0.2) is 18.2 Å². The normalized spacial score (nSPS) is 13.9. The molecule has 0 bridgehead atoms. The van der Waals surface area contributed by atoms with Crippen LogP contribution in [0.1, 0.15) is 26.3 Å². The highest BCUT2D eigenvalue weighted by Gasteiger charge is 2.25. The largest absolute Gasteiger partial charge is 0.316 e. The molecule has 1 aromatic rings. The highest BCUT2D eigenvalue weighted by molar-refractivity contribution is 6.31. The van der Waals surface area contributed by atoms with Crippen molar-refractivity contribution in [3.8, 4) is 0 Å². The number of hydrogen-bond acceptors (Lipinski definition) is 1. The zero-order valence-corrected chi connectivity index (χ0v) is 11.0. The van der Waals surface area contributed by atoms with E-state index in [1.54, 1.807) is 12.1 Å². The number of halogens is 2. The van der Waals surface area contributed by atoms with Crippen LogP contribution in [0.3, 0.4) is 0 Å². The van der Waals surface area contributed by atoms with E-state index >= 15 is 0 Å². The molecule has 0 aliphatic heterocycles. The van der Waals surface area contributed by atoms with Crippen molar-refractivity contribution < 1.29 is 4.39 Å². The summed E-state index contributed by atoms with van der Waals surface area (Å²) in [4.78, 5) is 0. The van der Waals surface area contributed by atoms with E-state index in [2.05, 4.69) is 26.1 Å². The summed E-state index contributed by atoms with van der Waals surface area (Å²) in [6.07, 6.45) is 0.603. The predicted molar refractivity (Wildman–Crippen MR) is 67.4 cm³/mol. The fourth-order valence-electron chi connectivity index (χ4n) is 1.77. The van der Waals surface area contributed by atoms with E-state index in [4.69, 9.17) is 11.6 Å². The van der Waals surface area contributed by atoms with Gasteiger partial charge in [0.05, 0.1) is 0 Å². The molecule has 1 aromatic carbocycles. The fourth-order valence-corrected chi connectivity index (χ4v) is 2.01. The van der Waals surface area contributed by atoms with Gasteiger partial charge >= 0.3 is 0 Å². The van der Waals surface area contributed by atoms with Crippen LogP contribution in [0.25, 0.3) is 0 Å². The van der Waals surface area contributed by atoms with Gasteiger partial charge in [-0.05, 0) is 31.0 Å². The Morgan fingerprint density at radius 1 is 1.38 bits per heavy atom. The molecule has 0 saturated heterocycles. The van der Waals surface area contributed by atoms with Gasteiger partial charge in [-0.15, -0.1) is 0 Å². The molecular formula is C13H19ClFN. The quantitative estimate of drug-likeness (QED) is 0.855. The zero-order valence-electron chi connectivity index (χ0n) is 10.3. The van der Waals surface area contributed by atoms with Crippen molar-refractivity contribution in [3.05, 3.63) is 34.6 Å². The van der Waals surface area contributed by atoms with Gasteiger partial charge in [0.25, 0.3) is 0 Å². The van der Waals surface area contributed by atoms with E-state index in [-0.39, 0.29) is 17.3 Å². The summed E-state index contributed by atoms with van der Waals surface area (Å²) in [7, 11) is 1.89. The lowest BCUT2D eigenvalue weighted by Gasteiger charge is -2.30. The Kier molecular flexibility index (Phi) is 4.34. The number of hydrogen-bond donors (Lipinski definition) is 1. The topological polar surface area (TPSA) is 12.0 Å². The van der Waals surface area contributed by atoms with Gasteiger partial charge in [0.2, 0.25) is 0 Å². The van der Waals surface area contributed by atoms with Gasteiger partial charge in [-0.1, -0.05) is 38.4 Å². The average Bonchev–Trinajstić information content (AvgIpc) is 2.15. The molecule has 0 radical (unpaired) electrons. The van der Waals surface area contributed by atoms with Gasteiger partial charge < -0.3 is 5.32 Å². The summed E-state index contributed by atoms with van der Waals surface area (Å²) < 4.78 is 13.6. The lowest BCUT2D eigenvalue weighted by molar-refractivity contribution is 0.278. The monoisotopic (exact) mass is 243 g/mol. The fraction of sp³-hybridized carbons (Fsp3) is 0.538. The Bertz CT molecular complexity index is 337. The van der Waals surface area contributed by atoms with Crippen molar-refractivity contribution in [2.24, 2.45) is 5.41 Å². The van der Waals surface area contributed by atoms with Crippen LogP contribution in [0.4, 0.5) is 4.39 Å². The SMILES string of the molecule is CNC(Cc1c(F)cccc1Cl)C(C)(C)C. The molecule has 0 heterocycles. The van der Waals surface area contributed by atoms with Gasteiger partial charge in [0, 0.05) is 16.6 Å². The van der Waals surface area contributed by atoms with Crippen LogP contribution in [0.5, 0.6) is 0 Å². The molecule has 16 heavy (non-hydrogen) atoms. The first kappa shape index (κ1) is 13.5. The predicted octanol–water partition coefficient (Wildman–Crippen LogP) is 3.66. The van der Waals surface area contributed by atoms with Crippen molar-refractivity contribution in [1.29, 1.82) is 0 Å². The molecule has 3 heteroatoms. The Labute approximate surface area is 102 Å². The van der Waals surface area contributed by atoms with E-state index in [0.717, 1.165) is 0 Å². The van der Waals surface area contributed by atoms with E-state index in [1.165, 1.54) is 6.07 Å². The molecule has 0 saturated carbocycles. The third-order valence-electron chi connectivity index (χ3n) is 2.86. The minimum Gasteiger partial charge on any atom is -0.316 e. The highest BCUT2D eigenvalue weighted by atomic mass is 35.5. The molecule has 1 unspecified atom stereocenters. The first-order chi connectivity index (χ1) is 7.36. The Morgan fingerprint density at radius 3 is 2.44 bits per heavy atom. The second-order valence-corrected chi connectivity index (χ2v) is 5.52. The first-order valence-electron chi connectivity index (χ1n) is 5.46. The van der Waals surface area contributed by atoms with Crippen LogP contribution >= 0.6 is 11.6 Å². The molecule has 1 atom stereocenters. The standard InChI is InChI=1S/C13H19ClFN/c1-13(2,3)12(16-4)8-9-10(14)6-5-7-11(9)15/h5-7,12,16H,8H2,1-4H3. The van der Waals surface area contributed by atoms with E-state index < -0.39 is 0 Å². The Balaban J connectivity index is 2.95. The van der Waals surface area contributed by atoms with E-state index in [0.29, 0.717) is 17.0 Å². The van der Waals surface area contributed by atoms with Gasteiger partial charge in [-0.25, -0.2) is 4.39 Å². The Hall–Kier alpha value is -0.600. The molecule has 0 spiro atoms. The molecule has 90 valence electrons. The van der Waals surface area contributed by atoms with Gasteiger partial charge in [-0.3, -0.25) is 0 Å². The van der Waals surface area contributed by atoms with Gasteiger partial charge in [-0.2, -0.15) is 0 Å². The molecule has 0 aromatic heterocycles. The summed E-state index contributed by atoms with van der Waals surface area (Å²) >= 11 is 6.01. The number of nitrogens with one attached hydrogen (secondary N) is 1. The van der Waals surface area contributed by atoms with Gasteiger partial charge in [0.15, 0.2) is 0 Å². The minimum atomic E-state index is -0.225. The third-order valence-corrected chi connectivity index (χ3v) is 3.22. The molecule has 0 fully saturated rings. The maximum atomic E-state index is 13.6. The van der Waals surface area contributed by atoms with Crippen molar-refractivity contribution in [2.75, 3.05) is 7.05 Å². The third kappa shape index (κ3) is 3.19. The molecule has 0 aliphatic rings. The maximum absolute atomic E-state index is 13.6. The molecule has 1 rings (SSSR count). The average molecular weight is 244 g/mol. The van der Waals surface area contributed by atoms with Crippen LogP contribution in [0.2, 0.25) is 5.02 Å². The molecule has 0 aliphatic carbocycles. The molecular weight excluding hydrogens is 225 g/mol. The summed E-state index contributed by atoms with van der Waals surface area (Å²) in [5.41, 5.74) is 0.666. The number of benzene rings is 1.